The van der Waals surface area contributed by atoms with Crippen molar-refractivity contribution in [1.82, 2.24) is 20.2 Å². The minimum absolute atomic E-state index is 0.349. The van der Waals surface area contributed by atoms with Crippen molar-refractivity contribution in [3.8, 4) is 5.75 Å². The molecule has 1 aromatic heterocycles. The molecule has 21 heavy (non-hydrogen) atoms. The standard InChI is InChI=1S/C14H10N4O2S/c19-14(20-11-7-3-1-4-8-11)18-13(15-16-17-18)21-12-9-5-2-6-10-12/h1-10H. The van der Waals surface area contributed by atoms with Gasteiger partial charge in [-0.05, 0) is 46.5 Å². The molecule has 3 aromatic rings. The number of hydrogen-bond donors (Lipinski definition) is 0. The van der Waals surface area contributed by atoms with Gasteiger partial charge in [-0.25, -0.2) is 4.79 Å². The predicted molar refractivity (Wildman–Crippen MR) is 76.2 cm³/mol. The number of rotatable bonds is 3. The first kappa shape index (κ1) is 13.3. The highest BCUT2D eigenvalue weighted by Crippen LogP contribution is 2.24. The number of benzene rings is 2. The molecule has 7 heteroatoms. The Labute approximate surface area is 124 Å². The molecule has 0 aliphatic heterocycles. The van der Waals surface area contributed by atoms with Gasteiger partial charge in [-0.2, -0.15) is 0 Å². The second kappa shape index (κ2) is 6.19. The van der Waals surface area contributed by atoms with Crippen LogP contribution in [-0.4, -0.2) is 26.3 Å². The predicted octanol–water partition coefficient (Wildman–Crippen LogP) is 2.87. The maximum absolute atomic E-state index is 12.1. The van der Waals surface area contributed by atoms with E-state index in [-0.39, 0.29) is 0 Å². The number of tetrazole rings is 1. The normalized spacial score (nSPS) is 10.3. The topological polar surface area (TPSA) is 69.9 Å². The van der Waals surface area contributed by atoms with Crippen LogP contribution in [0, 0.1) is 0 Å². The summed E-state index contributed by atoms with van der Waals surface area (Å²) in [5.41, 5.74) is 0. The Morgan fingerprint density at radius 3 is 2.38 bits per heavy atom. The zero-order valence-corrected chi connectivity index (χ0v) is 11.6. The van der Waals surface area contributed by atoms with E-state index in [2.05, 4.69) is 15.5 Å². The lowest BCUT2D eigenvalue weighted by Gasteiger charge is -2.04. The van der Waals surface area contributed by atoms with Gasteiger partial charge in [-0.15, -0.1) is 9.78 Å². The maximum Gasteiger partial charge on any atom is 0.444 e. The second-order valence-electron chi connectivity index (χ2n) is 3.97. The van der Waals surface area contributed by atoms with Crippen LogP contribution in [0.3, 0.4) is 0 Å². The van der Waals surface area contributed by atoms with E-state index in [0.717, 1.165) is 9.58 Å². The van der Waals surface area contributed by atoms with Crippen molar-refractivity contribution in [2.75, 3.05) is 0 Å². The maximum atomic E-state index is 12.1. The summed E-state index contributed by atoms with van der Waals surface area (Å²) in [5, 5.41) is 11.4. The van der Waals surface area contributed by atoms with Crippen LogP contribution in [0.15, 0.2) is 70.7 Å². The molecule has 0 spiro atoms. The molecule has 0 fully saturated rings. The fourth-order valence-corrected chi connectivity index (χ4v) is 2.36. The summed E-state index contributed by atoms with van der Waals surface area (Å²) in [6, 6.07) is 18.3. The van der Waals surface area contributed by atoms with E-state index < -0.39 is 6.09 Å². The molecule has 0 unspecified atom stereocenters. The second-order valence-corrected chi connectivity index (χ2v) is 5.01. The van der Waals surface area contributed by atoms with Crippen LogP contribution in [0.25, 0.3) is 0 Å². The van der Waals surface area contributed by atoms with Crippen molar-refractivity contribution >= 4 is 17.9 Å². The van der Waals surface area contributed by atoms with Gasteiger partial charge in [-0.3, -0.25) is 0 Å². The highest BCUT2D eigenvalue weighted by Gasteiger charge is 2.17. The third-order valence-electron chi connectivity index (χ3n) is 2.51. The van der Waals surface area contributed by atoms with E-state index in [4.69, 9.17) is 4.74 Å². The Bertz CT molecular complexity index is 731. The van der Waals surface area contributed by atoms with Crippen LogP contribution in [-0.2, 0) is 0 Å². The average molecular weight is 298 g/mol. The van der Waals surface area contributed by atoms with Crippen molar-refractivity contribution < 1.29 is 9.53 Å². The lowest BCUT2D eigenvalue weighted by atomic mass is 10.3. The van der Waals surface area contributed by atoms with Gasteiger partial charge in [0.25, 0.3) is 0 Å². The molecule has 0 radical (unpaired) electrons. The van der Waals surface area contributed by atoms with Gasteiger partial charge in [-0.1, -0.05) is 36.4 Å². The van der Waals surface area contributed by atoms with Crippen LogP contribution >= 0.6 is 11.8 Å². The SMILES string of the molecule is O=C(Oc1ccccc1)n1nnnc1Sc1ccccc1. The first-order valence-corrected chi connectivity index (χ1v) is 6.93. The number of ether oxygens (including phenoxy) is 1. The summed E-state index contributed by atoms with van der Waals surface area (Å²) in [6.45, 7) is 0. The lowest BCUT2D eigenvalue weighted by Crippen LogP contribution is -2.19. The molecule has 0 aliphatic carbocycles. The number of nitrogens with zero attached hydrogens (tertiary/aromatic N) is 4. The van der Waals surface area contributed by atoms with Crippen molar-refractivity contribution in [2.24, 2.45) is 0 Å². The van der Waals surface area contributed by atoms with Gasteiger partial charge in [0.1, 0.15) is 5.75 Å². The molecule has 0 atom stereocenters. The fourth-order valence-electron chi connectivity index (χ4n) is 1.58. The number of carbonyl (C=O) groups is 1. The van der Waals surface area contributed by atoms with Crippen molar-refractivity contribution in [3.05, 3.63) is 60.7 Å². The third-order valence-corrected chi connectivity index (χ3v) is 3.46. The Morgan fingerprint density at radius 2 is 1.67 bits per heavy atom. The van der Waals surface area contributed by atoms with E-state index in [1.807, 2.05) is 36.4 Å². The average Bonchev–Trinajstić information content (AvgIpc) is 2.97. The van der Waals surface area contributed by atoms with E-state index in [1.165, 1.54) is 11.8 Å². The summed E-state index contributed by atoms with van der Waals surface area (Å²) in [6.07, 6.45) is -0.648. The van der Waals surface area contributed by atoms with E-state index in [1.54, 1.807) is 24.3 Å². The Morgan fingerprint density at radius 1 is 1.00 bits per heavy atom. The summed E-state index contributed by atoms with van der Waals surface area (Å²) < 4.78 is 6.24. The smallest absolute Gasteiger partial charge is 0.409 e. The van der Waals surface area contributed by atoms with Gasteiger partial charge in [0.2, 0.25) is 5.16 Å². The first-order valence-electron chi connectivity index (χ1n) is 6.11. The lowest BCUT2D eigenvalue weighted by molar-refractivity contribution is 0.195. The quantitative estimate of drug-likeness (QED) is 0.692. The molecule has 6 nitrogen and oxygen atoms in total. The van der Waals surface area contributed by atoms with E-state index in [0.29, 0.717) is 10.9 Å². The number of para-hydroxylation sites is 1. The fraction of sp³-hybridized carbons (Fsp3) is 0. The molecule has 0 amide bonds. The first-order chi connectivity index (χ1) is 10.3. The molecule has 0 N–H and O–H groups in total. The Balaban J connectivity index is 1.77. The molecule has 104 valence electrons. The summed E-state index contributed by atoms with van der Waals surface area (Å²) >= 11 is 1.29. The Kier molecular flexibility index (Phi) is 3.92. The number of hydrogen-bond acceptors (Lipinski definition) is 6. The molecular weight excluding hydrogens is 288 g/mol. The summed E-state index contributed by atoms with van der Waals surface area (Å²) in [5.74, 6) is 0.439. The zero-order chi connectivity index (χ0) is 14.5. The number of aromatic nitrogens is 4. The van der Waals surface area contributed by atoms with Crippen molar-refractivity contribution in [1.29, 1.82) is 0 Å². The minimum Gasteiger partial charge on any atom is -0.409 e. The van der Waals surface area contributed by atoms with Crippen LogP contribution in [0.5, 0.6) is 5.75 Å². The third kappa shape index (κ3) is 3.26. The number of carbonyl (C=O) groups excluding carboxylic acids is 1. The molecular formula is C14H10N4O2S. The minimum atomic E-state index is -0.648. The molecule has 0 aliphatic rings. The van der Waals surface area contributed by atoms with Crippen molar-refractivity contribution in [3.63, 3.8) is 0 Å². The van der Waals surface area contributed by atoms with Gasteiger partial charge >= 0.3 is 6.09 Å². The van der Waals surface area contributed by atoms with E-state index in [9.17, 15) is 4.79 Å². The largest absolute Gasteiger partial charge is 0.444 e. The van der Waals surface area contributed by atoms with E-state index >= 15 is 0 Å². The molecule has 0 saturated heterocycles. The molecule has 3 rings (SSSR count). The van der Waals surface area contributed by atoms with Crippen molar-refractivity contribution in [2.45, 2.75) is 10.1 Å². The summed E-state index contributed by atoms with van der Waals surface area (Å²) in [4.78, 5) is 13.0. The highest BCUT2D eigenvalue weighted by atomic mass is 32.2. The van der Waals surface area contributed by atoms with Gasteiger partial charge in [0.15, 0.2) is 0 Å². The Hall–Kier alpha value is -2.67. The molecule has 0 saturated carbocycles. The highest BCUT2D eigenvalue weighted by molar-refractivity contribution is 7.99. The summed E-state index contributed by atoms with van der Waals surface area (Å²) in [7, 11) is 0. The zero-order valence-electron chi connectivity index (χ0n) is 10.8. The molecule has 1 heterocycles. The van der Waals surface area contributed by atoms with Gasteiger partial charge in [0.05, 0.1) is 0 Å². The van der Waals surface area contributed by atoms with Gasteiger partial charge in [0, 0.05) is 4.90 Å². The van der Waals surface area contributed by atoms with Crippen LogP contribution in [0.4, 0.5) is 4.79 Å². The monoisotopic (exact) mass is 298 g/mol. The van der Waals surface area contributed by atoms with Crippen LogP contribution in [0.2, 0.25) is 0 Å². The van der Waals surface area contributed by atoms with Crippen LogP contribution in [0.1, 0.15) is 0 Å². The van der Waals surface area contributed by atoms with Crippen LogP contribution < -0.4 is 4.74 Å². The molecule has 2 aromatic carbocycles. The van der Waals surface area contributed by atoms with Gasteiger partial charge < -0.3 is 4.74 Å². The molecule has 0 bridgehead atoms.